The standard InChI is InChI=1S/C12H23NO3/c1-9-8-15-7-6-13(9)10(2)11(14)16-12(3,4)5/h9-10H,6-8H2,1-5H3. The lowest BCUT2D eigenvalue weighted by molar-refractivity contribution is -0.164. The molecule has 4 heteroatoms. The average Bonchev–Trinajstić information content (AvgIpc) is 2.15. The minimum absolute atomic E-state index is 0.152. The Balaban J connectivity index is 2.55. The molecular formula is C12H23NO3. The summed E-state index contributed by atoms with van der Waals surface area (Å²) in [6.45, 7) is 11.8. The summed E-state index contributed by atoms with van der Waals surface area (Å²) >= 11 is 0. The molecule has 0 amide bonds. The van der Waals surface area contributed by atoms with Gasteiger partial charge in [-0.15, -0.1) is 0 Å². The van der Waals surface area contributed by atoms with Crippen LogP contribution in [0.15, 0.2) is 0 Å². The molecule has 2 atom stereocenters. The third kappa shape index (κ3) is 3.76. The fourth-order valence-electron chi connectivity index (χ4n) is 1.84. The molecule has 0 saturated carbocycles. The molecule has 1 saturated heterocycles. The van der Waals surface area contributed by atoms with Crippen molar-refractivity contribution in [3.05, 3.63) is 0 Å². The lowest BCUT2D eigenvalue weighted by atomic mass is 10.1. The van der Waals surface area contributed by atoms with Crippen molar-refractivity contribution in [3.63, 3.8) is 0 Å². The van der Waals surface area contributed by atoms with E-state index in [2.05, 4.69) is 11.8 Å². The third-order valence-corrected chi connectivity index (χ3v) is 2.66. The molecule has 1 aliphatic rings. The van der Waals surface area contributed by atoms with Gasteiger partial charge < -0.3 is 9.47 Å². The molecule has 2 unspecified atom stereocenters. The zero-order chi connectivity index (χ0) is 12.3. The van der Waals surface area contributed by atoms with Gasteiger partial charge in [0.1, 0.15) is 11.6 Å². The Hall–Kier alpha value is -0.610. The SMILES string of the molecule is CC1COCCN1C(C)C(=O)OC(C)(C)C. The molecule has 0 bridgehead atoms. The van der Waals surface area contributed by atoms with Crippen molar-refractivity contribution in [2.75, 3.05) is 19.8 Å². The lowest BCUT2D eigenvalue weighted by Crippen LogP contribution is -2.52. The minimum Gasteiger partial charge on any atom is -0.459 e. The maximum absolute atomic E-state index is 11.9. The molecule has 94 valence electrons. The summed E-state index contributed by atoms with van der Waals surface area (Å²) in [6.07, 6.45) is 0. The van der Waals surface area contributed by atoms with Crippen molar-refractivity contribution in [2.45, 2.75) is 52.3 Å². The highest BCUT2D eigenvalue weighted by atomic mass is 16.6. The number of carbonyl (C=O) groups excluding carboxylic acids is 1. The third-order valence-electron chi connectivity index (χ3n) is 2.66. The van der Waals surface area contributed by atoms with Crippen molar-refractivity contribution in [1.29, 1.82) is 0 Å². The first kappa shape index (κ1) is 13.5. The van der Waals surface area contributed by atoms with Gasteiger partial charge in [-0.25, -0.2) is 0 Å². The molecule has 0 aromatic carbocycles. The number of rotatable bonds is 2. The predicted molar refractivity (Wildman–Crippen MR) is 62.3 cm³/mol. The molecule has 0 aromatic heterocycles. The van der Waals surface area contributed by atoms with Gasteiger partial charge in [0, 0.05) is 12.6 Å². The number of carbonyl (C=O) groups is 1. The van der Waals surface area contributed by atoms with Crippen molar-refractivity contribution in [1.82, 2.24) is 4.90 Å². The van der Waals surface area contributed by atoms with Crippen molar-refractivity contribution >= 4 is 5.97 Å². The van der Waals surface area contributed by atoms with Crippen LogP contribution in [-0.2, 0) is 14.3 Å². The van der Waals surface area contributed by atoms with Gasteiger partial charge in [0.05, 0.1) is 13.2 Å². The summed E-state index contributed by atoms with van der Waals surface area (Å²) in [5.41, 5.74) is -0.416. The van der Waals surface area contributed by atoms with Gasteiger partial charge in [0.2, 0.25) is 0 Å². The smallest absolute Gasteiger partial charge is 0.323 e. The minimum atomic E-state index is -0.416. The van der Waals surface area contributed by atoms with Crippen LogP contribution in [0.5, 0.6) is 0 Å². The van der Waals surface area contributed by atoms with E-state index in [9.17, 15) is 4.79 Å². The highest BCUT2D eigenvalue weighted by Crippen LogP contribution is 2.15. The van der Waals surface area contributed by atoms with Crippen LogP contribution in [0.1, 0.15) is 34.6 Å². The summed E-state index contributed by atoms with van der Waals surface area (Å²) in [4.78, 5) is 14.0. The zero-order valence-electron chi connectivity index (χ0n) is 10.9. The first-order chi connectivity index (χ1) is 7.31. The number of ether oxygens (including phenoxy) is 2. The van der Waals surface area contributed by atoms with Gasteiger partial charge >= 0.3 is 5.97 Å². The van der Waals surface area contributed by atoms with E-state index in [0.717, 1.165) is 6.54 Å². The maximum Gasteiger partial charge on any atom is 0.323 e. The van der Waals surface area contributed by atoms with Crippen LogP contribution in [0.4, 0.5) is 0 Å². The second kappa shape index (κ2) is 5.15. The molecule has 0 N–H and O–H groups in total. The monoisotopic (exact) mass is 229 g/mol. The van der Waals surface area contributed by atoms with Crippen molar-refractivity contribution < 1.29 is 14.3 Å². The van der Waals surface area contributed by atoms with E-state index in [1.165, 1.54) is 0 Å². The maximum atomic E-state index is 11.9. The quantitative estimate of drug-likeness (QED) is 0.672. The second-order valence-corrected chi connectivity index (χ2v) is 5.37. The van der Waals surface area contributed by atoms with Crippen LogP contribution >= 0.6 is 0 Å². The highest BCUT2D eigenvalue weighted by molar-refractivity contribution is 5.75. The average molecular weight is 229 g/mol. The van der Waals surface area contributed by atoms with E-state index < -0.39 is 5.60 Å². The summed E-state index contributed by atoms with van der Waals surface area (Å²) in [5.74, 6) is -0.152. The fourth-order valence-corrected chi connectivity index (χ4v) is 1.84. The molecule has 1 aliphatic heterocycles. The van der Waals surface area contributed by atoms with Crippen LogP contribution in [-0.4, -0.2) is 48.3 Å². The van der Waals surface area contributed by atoms with Crippen molar-refractivity contribution in [2.24, 2.45) is 0 Å². The number of hydrogen-bond acceptors (Lipinski definition) is 4. The lowest BCUT2D eigenvalue weighted by Gasteiger charge is -2.37. The Labute approximate surface area is 97.9 Å². The summed E-state index contributed by atoms with van der Waals surface area (Å²) in [6, 6.07) is 0.0781. The first-order valence-electron chi connectivity index (χ1n) is 5.87. The Morgan fingerprint density at radius 1 is 1.50 bits per heavy atom. The van der Waals surface area contributed by atoms with Crippen LogP contribution < -0.4 is 0 Å². The van der Waals surface area contributed by atoms with E-state index in [4.69, 9.17) is 9.47 Å². The van der Waals surface area contributed by atoms with Crippen molar-refractivity contribution in [3.8, 4) is 0 Å². The number of esters is 1. The number of hydrogen-bond donors (Lipinski definition) is 0. The summed E-state index contributed by atoms with van der Waals surface area (Å²) < 4.78 is 10.7. The highest BCUT2D eigenvalue weighted by Gasteiger charge is 2.31. The van der Waals surface area contributed by atoms with Gasteiger partial charge in [-0.3, -0.25) is 9.69 Å². The number of nitrogens with zero attached hydrogens (tertiary/aromatic N) is 1. The van der Waals surface area contributed by atoms with E-state index in [0.29, 0.717) is 13.2 Å². The summed E-state index contributed by atoms with van der Waals surface area (Å²) in [7, 11) is 0. The van der Waals surface area contributed by atoms with Crippen LogP contribution in [0.2, 0.25) is 0 Å². The van der Waals surface area contributed by atoms with Gasteiger partial charge in [-0.2, -0.15) is 0 Å². The van der Waals surface area contributed by atoms with Crippen LogP contribution in [0, 0.1) is 0 Å². The van der Waals surface area contributed by atoms with Gasteiger partial charge in [0.15, 0.2) is 0 Å². The Morgan fingerprint density at radius 2 is 2.12 bits per heavy atom. The van der Waals surface area contributed by atoms with Crippen LogP contribution in [0.25, 0.3) is 0 Å². The van der Waals surface area contributed by atoms with E-state index in [1.807, 2.05) is 27.7 Å². The van der Waals surface area contributed by atoms with Gasteiger partial charge in [-0.1, -0.05) is 0 Å². The Kier molecular flexibility index (Phi) is 4.33. The second-order valence-electron chi connectivity index (χ2n) is 5.37. The molecule has 0 aliphatic carbocycles. The molecular weight excluding hydrogens is 206 g/mol. The Bertz CT molecular complexity index is 247. The molecule has 16 heavy (non-hydrogen) atoms. The zero-order valence-corrected chi connectivity index (χ0v) is 10.9. The largest absolute Gasteiger partial charge is 0.459 e. The number of morpholine rings is 1. The molecule has 0 radical (unpaired) electrons. The molecule has 1 rings (SSSR count). The van der Waals surface area contributed by atoms with E-state index >= 15 is 0 Å². The predicted octanol–water partition coefficient (Wildman–Crippen LogP) is 1.44. The molecule has 1 heterocycles. The van der Waals surface area contributed by atoms with Crippen LogP contribution in [0.3, 0.4) is 0 Å². The fraction of sp³-hybridized carbons (Fsp3) is 0.917. The van der Waals surface area contributed by atoms with E-state index in [1.54, 1.807) is 0 Å². The molecule has 4 nitrogen and oxygen atoms in total. The normalized spacial score (nSPS) is 25.2. The summed E-state index contributed by atoms with van der Waals surface area (Å²) in [5, 5.41) is 0. The van der Waals surface area contributed by atoms with Gasteiger partial charge in [-0.05, 0) is 34.6 Å². The molecule has 1 fully saturated rings. The Morgan fingerprint density at radius 3 is 2.62 bits per heavy atom. The van der Waals surface area contributed by atoms with E-state index in [-0.39, 0.29) is 18.1 Å². The first-order valence-corrected chi connectivity index (χ1v) is 5.87. The van der Waals surface area contributed by atoms with Gasteiger partial charge in [0.25, 0.3) is 0 Å². The molecule has 0 aromatic rings. The topological polar surface area (TPSA) is 38.8 Å². The molecule has 0 spiro atoms.